The molecule has 0 aromatic rings. The van der Waals surface area contributed by atoms with Crippen LogP contribution in [0.3, 0.4) is 0 Å². The number of imide groups is 1. The van der Waals surface area contributed by atoms with E-state index in [1.807, 2.05) is 0 Å². The van der Waals surface area contributed by atoms with Crippen molar-refractivity contribution in [1.82, 2.24) is 15.7 Å². The summed E-state index contributed by atoms with van der Waals surface area (Å²) in [4.78, 5) is 21.7. The van der Waals surface area contributed by atoms with Crippen LogP contribution in [-0.4, -0.2) is 40.0 Å². The molecule has 4 N–H and O–H groups in total. The highest BCUT2D eigenvalue weighted by atomic mass is 16.5. The van der Waals surface area contributed by atoms with Gasteiger partial charge >= 0.3 is 12.1 Å². The van der Waals surface area contributed by atoms with E-state index in [0.717, 1.165) is 0 Å². The summed E-state index contributed by atoms with van der Waals surface area (Å²) in [6, 6.07) is -1.78. The first-order valence-electron chi connectivity index (χ1n) is 2.86. The molecule has 0 saturated carbocycles. The van der Waals surface area contributed by atoms with Gasteiger partial charge in [0.15, 0.2) is 6.23 Å². The number of aliphatic hydroxyl groups excluding tert-OH is 1. The Labute approximate surface area is 61.6 Å². The molecule has 62 valence electrons. The topological polar surface area (TPSA) is 102 Å². The van der Waals surface area contributed by atoms with Crippen molar-refractivity contribution in [3.63, 3.8) is 0 Å². The molecule has 1 atom stereocenters. The molecule has 0 aromatic heterocycles. The predicted octanol–water partition coefficient (Wildman–Crippen LogP) is -1.57. The number of hydroxylamine groups is 1. The van der Waals surface area contributed by atoms with Gasteiger partial charge in [-0.15, -0.1) is 0 Å². The molecule has 0 aliphatic carbocycles. The zero-order chi connectivity index (χ0) is 8.43. The maximum absolute atomic E-state index is 10.7. The number of carbonyl (C=O) groups is 2. The first-order valence-corrected chi connectivity index (χ1v) is 2.86. The van der Waals surface area contributed by atoms with Gasteiger partial charge in [0.05, 0.1) is 6.54 Å². The number of nitrogens with one attached hydrogen (secondary N) is 2. The first kappa shape index (κ1) is 7.76. The van der Waals surface area contributed by atoms with Crippen LogP contribution >= 0.6 is 0 Å². The van der Waals surface area contributed by atoms with Crippen LogP contribution in [0.5, 0.6) is 0 Å². The molecule has 0 bridgehead atoms. The van der Waals surface area contributed by atoms with Crippen molar-refractivity contribution in [3.05, 3.63) is 0 Å². The van der Waals surface area contributed by atoms with Gasteiger partial charge in [-0.2, -0.15) is 0 Å². The minimum atomic E-state index is -1.21. The second kappa shape index (κ2) is 2.72. The van der Waals surface area contributed by atoms with E-state index >= 15 is 0 Å². The molecule has 1 saturated heterocycles. The van der Waals surface area contributed by atoms with E-state index in [4.69, 9.17) is 10.3 Å². The Hall–Kier alpha value is -1.34. The molecule has 1 aliphatic rings. The van der Waals surface area contributed by atoms with E-state index in [9.17, 15) is 9.59 Å². The highest BCUT2D eigenvalue weighted by Gasteiger charge is 2.34. The summed E-state index contributed by atoms with van der Waals surface area (Å²) in [5, 5.41) is 19.2. The third-order valence-electron chi connectivity index (χ3n) is 1.27. The molecule has 7 nitrogen and oxygen atoms in total. The Kier molecular flexibility index (Phi) is 1.92. The lowest BCUT2D eigenvalue weighted by Crippen LogP contribution is -2.44. The van der Waals surface area contributed by atoms with Gasteiger partial charge in [0, 0.05) is 0 Å². The lowest BCUT2D eigenvalue weighted by atomic mass is 10.5. The third kappa shape index (κ3) is 1.23. The zero-order valence-electron chi connectivity index (χ0n) is 5.44. The molecular weight excluding hydrogens is 154 g/mol. The summed E-state index contributed by atoms with van der Waals surface area (Å²) in [5.41, 5.74) is 1.23. The molecule has 0 spiro atoms. The van der Waals surface area contributed by atoms with Crippen molar-refractivity contribution in [2.45, 2.75) is 6.23 Å². The lowest BCUT2D eigenvalue weighted by molar-refractivity contribution is 0.0635. The fourth-order valence-corrected chi connectivity index (χ4v) is 0.772. The van der Waals surface area contributed by atoms with Crippen LogP contribution in [0.15, 0.2) is 0 Å². The minimum Gasteiger partial charge on any atom is -0.371 e. The van der Waals surface area contributed by atoms with Crippen molar-refractivity contribution in [3.8, 4) is 0 Å². The second-order valence-electron chi connectivity index (χ2n) is 1.95. The summed E-state index contributed by atoms with van der Waals surface area (Å²) >= 11 is 0. The average Bonchev–Trinajstić information content (AvgIpc) is 2.30. The molecule has 1 heterocycles. The Morgan fingerprint density at radius 1 is 1.82 bits per heavy atom. The quantitative estimate of drug-likeness (QED) is 0.254. The highest BCUT2D eigenvalue weighted by Crippen LogP contribution is 2.03. The minimum absolute atomic E-state index is 0.0216. The Morgan fingerprint density at radius 3 is 2.82 bits per heavy atom. The van der Waals surface area contributed by atoms with Gasteiger partial charge in [0.25, 0.3) is 0 Å². The summed E-state index contributed by atoms with van der Waals surface area (Å²) in [6.45, 7) is -0.0216. The molecule has 7 heteroatoms. The number of hydrogen-bond acceptors (Lipinski definition) is 4. The zero-order valence-corrected chi connectivity index (χ0v) is 5.44. The van der Waals surface area contributed by atoms with Gasteiger partial charge < -0.3 is 10.4 Å². The molecule has 4 amide bonds. The van der Waals surface area contributed by atoms with Gasteiger partial charge in [-0.1, -0.05) is 0 Å². The summed E-state index contributed by atoms with van der Waals surface area (Å²) in [5.74, 6) is 0. The van der Waals surface area contributed by atoms with Crippen molar-refractivity contribution in [2.75, 3.05) is 6.54 Å². The highest BCUT2D eigenvalue weighted by molar-refractivity contribution is 5.94. The third-order valence-corrected chi connectivity index (χ3v) is 1.27. The number of hydrogen-bond donors (Lipinski definition) is 4. The molecule has 1 aliphatic heterocycles. The van der Waals surface area contributed by atoms with Crippen LogP contribution in [0.25, 0.3) is 0 Å². The number of carbonyl (C=O) groups excluding carboxylic acids is 2. The van der Waals surface area contributed by atoms with Gasteiger partial charge in [0.2, 0.25) is 0 Å². The van der Waals surface area contributed by atoms with Crippen molar-refractivity contribution in [1.29, 1.82) is 0 Å². The van der Waals surface area contributed by atoms with Crippen LogP contribution in [0.1, 0.15) is 0 Å². The predicted molar refractivity (Wildman–Crippen MR) is 31.6 cm³/mol. The normalized spacial score (nSPS) is 23.3. The van der Waals surface area contributed by atoms with E-state index in [1.165, 1.54) is 5.48 Å². The van der Waals surface area contributed by atoms with Gasteiger partial charge in [-0.25, -0.2) is 20.0 Å². The van der Waals surface area contributed by atoms with Crippen LogP contribution in [0, 0.1) is 0 Å². The number of nitrogens with zero attached hydrogens (tertiary/aromatic N) is 1. The van der Waals surface area contributed by atoms with Gasteiger partial charge in [-0.3, -0.25) is 5.21 Å². The van der Waals surface area contributed by atoms with E-state index < -0.39 is 18.3 Å². The van der Waals surface area contributed by atoms with Crippen LogP contribution in [0.4, 0.5) is 9.59 Å². The Balaban J connectivity index is 2.68. The number of amides is 4. The van der Waals surface area contributed by atoms with Crippen LogP contribution in [0.2, 0.25) is 0 Å². The molecule has 1 rings (SSSR count). The SMILES string of the molecule is O=C(NO)N1C(=O)NCC1O. The van der Waals surface area contributed by atoms with Gasteiger partial charge in [-0.05, 0) is 0 Å². The van der Waals surface area contributed by atoms with Crippen molar-refractivity contribution in [2.24, 2.45) is 0 Å². The summed E-state index contributed by atoms with van der Waals surface area (Å²) in [7, 11) is 0. The Morgan fingerprint density at radius 2 is 2.45 bits per heavy atom. The van der Waals surface area contributed by atoms with E-state index in [2.05, 4.69) is 5.32 Å². The largest absolute Gasteiger partial charge is 0.371 e. The van der Waals surface area contributed by atoms with Crippen molar-refractivity contribution >= 4 is 12.1 Å². The van der Waals surface area contributed by atoms with Crippen LogP contribution in [-0.2, 0) is 0 Å². The number of rotatable bonds is 0. The summed E-state index contributed by atoms with van der Waals surface area (Å²) in [6.07, 6.45) is -1.21. The molecule has 0 radical (unpaired) electrons. The molecular formula is C4H7N3O4. The average molecular weight is 161 g/mol. The fourth-order valence-electron chi connectivity index (χ4n) is 0.772. The van der Waals surface area contributed by atoms with Crippen LogP contribution < -0.4 is 10.8 Å². The monoisotopic (exact) mass is 161 g/mol. The van der Waals surface area contributed by atoms with Gasteiger partial charge in [0.1, 0.15) is 0 Å². The molecule has 11 heavy (non-hydrogen) atoms. The maximum Gasteiger partial charge on any atom is 0.351 e. The first-order chi connectivity index (χ1) is 5.16. The maximum atomic E-state index is 10.7. The van der Waals surface area contributed by atoms with Crippen molar-refractivity contribution < 1.29 is 19.9 Å². The van der Waals surface area contributed by atoms with E-state index in [0.29, 0.717) is 4.90 Å². The molecule has 1 unspecified atom stereocenters. The molecule has 1 fully saturated rings. The fraction of sp³-hybridized carbons (Fsp3) is 0.500. The van der Waals surface area contributed by atoms with E-state index in [-0.39, 0.29) is 6.54 Å². The number of urea groups is 2. The summed E-state index contributed by atoms with van der Waals surface area (Å²) < 4.78 is 0. The smallest absolute Gasteiger partial charge is 0.351 e. The van der Waals surface area contributed by atoms with E-state index in [1.54, 1.807) is 0 Å². The second-order valence-corrected chi connectivity index (χ2v) is 1.95. The lowest BCUT2D eigenvalue weighted by Gasteiger charge is -2.14. The molecule has 0 aromatic carbocycles. The number of β-amino-alcohol motifs (C(OH)–C–C–N with tert-alkyl or cyclic N) is 1. The standard InChI is InChI=1S/C4H7N3O4/c8-2-1-5-3(9)7(2)4(10)6-11/h2,8,11H,1H2,(H,5,9)(H,6,10). The number of aliphatic hydroxyl groups is 1. The Bertz CT molecular complexity index is 194.